The smallest absolute Gasteiger partial charge is 0.369 e. The summed E-state index contributed by atoms with van der Waals surface area (Å²) in [4.78, 5) is 10.2. The molecule has 0 bridgehead atoms. The lowest BCUT2D eigenvalue weighted by Gasteiger charge is -2.13. The Balaban J connectivity index is 2.79. The normalized spacial score (nSPS) is 14.8. The zero-order valence-electron chi connectivity index (χ0n) is 7.08. The molecule has 3 nitrogen and oxygen atoms in total. The highest BCUT2D eigenvalue weighted by Crippen LogP contribution is 2.17. The van der Waals surface area contributed by atoms with Crippen molar-refractivity contribution < 1.29 is 19.4 Å². The molecule has 1 aromatic carbocycles. The highest BCUT2D eigenvalue weighted by atomic mass is 35.5. The van der Waals surface area contributed by atoms with Crippen LogP contribution >= 0.6 is 11.6 Å². The summed E-state index contributed by atoms with van der Waals surface area (Å²) in [5.41, 5.74) is 0.363. The van der Waals surface area contributed by atoms with Crippen LogP contribution in [0.4, 0.5) is 4.39 Å². The predicted molar refractivity (Wildman–Crippen MR) is 48.8 cm³/mol. The number of benzene rings is 1. The van der Waals surface area contributed by atoms with Crippen molar-refractivity contribution in [1.29, 1.82) is 0 Å². The van der Waals surface area contributed by atoms with E-state index in [2.05, 4.69) is 0 Å². The largest absolute Gasteiger partial charge is 0.477 e. The Morgan fingerprint density at radius 1 is 1.43 bits per heavy atom. The molecule has 0 amide bonds. The lowest BCUT2D eigenvalue weighted by Crippen LogP contribution is -2.35. The molecular formula is C9H8ClFO3. The van der Waals surface area contributed by atoms with Crippen molar-refractivity contribution in [3.8, 4) is 0 Å². The number of aliphatic hydroxyl groups is 1. The van der Waals surface area contributed by atoms with Crippen LogP contribution < -0.4 is 0 Å². The van der Waals surface area contributed by atoms with Gasteiger partial charge in [0.05, 0.1) is 0 Å². The highest BCUT2D eigenvalue weighted by molar-refractivity contribution is 6.30. The molecule has 0 aliphatic heterocycles. The quantitative estimate of drug-likeness (QED) is 0.811. The number of hydrogen-bond donors (Lipinski definition) is 2. The molecular weight excluding hydrogens is 211 g/mol. The summed E-state index contributed by atoms with van der Waals surface area (Å²) >= 11 is 5.57. The fourth-order valence-electron chi connectivity index (χ4n) is 0.948. The summed E-state index contributed by atoms with van der Waals surface area (Å²) in [6, 6.07) is 5.90. The van der Waals surface area contributed by atoms with Gasteiger partial charge in [-0.15, -0.1) is 0 Å². The number of alkyl halides is 1. The van der Waals surface area contributed by atoms with Gasteiger partial charge < -0.3 is 10.2 Å². The molecule has 0 aliphatic carbocycles. The third-order valence-corrected chi connectivity index (χ3v) is 1.93. The van der Waals surface area contributed by atoms with Crippen LogP contribution in [-0.4, -0.2) is 22.0 Å². The zero-order valence-corrected chi connectivity index (χ0v) is 7.83. The minimum absolute atomic E-state index is 0.363. The van der Waals surface area contributed by atoms with Gasteiger partial charge in [-0.1, -0.05) is 23.7 Å². The van der Waals surface area contributed by atoms with Crippen molar-refractivity contribution in [3.05, 3.63) is 34.9 Å². The Kier molecular flexibility index (Phi) is 3.08. The van der Waals surface area contributed by atoms with Crippen molar-refractivity contribution in [2.24, 2.45) is 0 Å². The molecule has 0 radical (unpaired) electrons. The lowest BCUT2D eigenvalue weighted by atomic mass is 10.1. The van der Waals surface area contributed by atoms with Gasteiger partial charge in [0, 0.05) is 11.4 Å². The first-order valence-electron chi connectivity index (χ1n) is 3.81. The van der Waals surface area contributed by atoms with Gasteiger partial charge in [0.2, 0.25) is 0 Å². The van der Waals surface area contributed by atoms with Crippen molar-refractivity contribution in [2.45, 2.75) is 12.3 Å². The molecule has 76 valence electrons. The van der Waals surface area contributed by atoms with E-state index in [0.29, 0.717) is 10.6 Å². The van der Waals surface area contributed by atoms with Gasteiger partial charge in [-0.25, -0.2) is 4.79 Å². The first kappa shape index (κ1) is 10.9. The van der Waals surface area contributed by atoms with E-state index in [-0.39, 0.29) is 0 Å². The first-order chi connectivity index (χ1) is 6.42. The van der Waals surface area contributed by atoms with Gasteiger partial charge in [0.15, 0.2) is 0 Å². The minimum atomic E-state index is -3.23. The molecule has 14 heavy (non-hydrogen) atoms. The Morgan fingerprint density at radius 3 is 2.36 bits per heavy atom. The standard InChI is InChI=1S/C9H8ClFO3/c10-7-3-1-6(2-4-7)5-9(11,14)8(12)13/h1-4,14H,5H2,(H,12,13). The van der Waals surface area contributed by atoms with Crippen LogP contribution in [0.2, 0.25) is 5.02 Å². The first-order valence-corrected chi connectivity index (χ1v) is 4.19. The van der Waals surface area contributed by atoms with E-state index in [1.807, 2.05) is 0 Å². The summed E-state index contributed by atoms with van der Waals surface area (Å²) in [7, 11) is 0. The number of carboxylic acid groups (broad SMARTS) is 1. The molecule has 1 rings (SSSR count). The van der Waals surface area contributed by atoms with E-state index in [4.69, 9.17) is 21.8 Å². The summed E-state index contributed by atoms with van der Waals surface area (Å²) in [5, 5.41) is 17.6. The molecule has 1 atom stereocenters. The van der Waals surface area contributed by atoms with Crippen LogP contribution in [0.3, 0.4) is 0 Å². The average Bonchev–Trinajstić information content (AvgIpc) is 2.08. The third-order valence-electron chi connectivity index (χ3n) is 1.68. The van der Waals surface area contributed by atoms with Gasteiger partial charge in [-0.3, -0.25) is 0 Å². The van der Waals surface area contributed by atoms with Crippen LogP contribution in [-0.2, 0) is 11.2 Å². The maximum atomic E-state index is 12.9. The van der Waals surface area contributed by atoms with E-state index in [9.17, 15) is 9.18 Å². The van der Waals surface area contributed by atoms with Crippen LogP contribution in [0.25, 0.3) is 0 Å². The predicted octanol–water partition coefficient (Wildman–Crippen LogP) is 1.63. The molecule has 0 spiro atoms. The molecule has 5 heteroatoms. The highest BCUT2D eigenvalue weighted by Gasteiger charge is 2.35. The fraction of sp³-hybridized carbons (Fsp3) is 0.222. The van der Waals surface area contributed by atoms with Crippen molar-refractivity contribution >= 4 is 17.6 Å². The molecule has 0 aromatic heterocycles. The summed E-state index contributed by atoms with van der Waals surface area (Å²) in [6.45, 7) is 0. The fourth-order valence-corrected chi connectivity index (χ4v) is 1.07. The van der Waals surface area contributed by atoms with Gasteiger partial charge in [-0.05, 0) is 17.7 Å². The second-order valence-electron chi connectivity index (χ2n) is 2.87. The lowest BCUT2D eigenvalue weighted by molar-refractivity contribution is -0.179. The van der Waals surface area contributed by atoms with E-state index < -0.39 is 18.2 Å². The van der Waals surface area contributed by atoms with Crippen molar-refractivity contribution in [2.75, 3.05) is 0 Å². The molecule has 0 saturated carbocycles. The van der Waals surface area contributed by atoms with E-state index in [1.165, 1.54) is 24.3 Å². The SMILES string of the molecule is O=C(O)C(O)(F)Cc1ccc(Cl)cc1. The zero-order chi connectivity index (χ0) is 10.8. The molecule has 1 aromatic rings. The number of carbonyl (C=O) groups is 1. The summed E-state index contributed by atoms with van der Waals surface area (Å²) in [5.74, 6) is -5.12. The summed E-state index contributed by atoms with van der Waals surface area (Å²) < 4.78 is 12.9. The van der Waals surface area contributed by atoms with Crippen molar-refractivity contribution in [3.63, 3.8) is 0 Å². The van der Waals surface area contributed by atoms with Crippen LogP contribution in [0.5, 0.6) is 0 Å². The number of carboxylic acids is 1. The van der Waals surface area contributed by atoms with E-state index in [0.717, 1.165) is 0 Å². The molecule has 1 unspecified atom stereocenters. The van der Waals surface area contributed by atoms with Crippen LogP contribution in [0.15, 0.2) is 24.3 Å². The second-order valence-corrected chi connectivity index (χ2v) is 3.30. The Morgan fingerprint density at radius 2 is 1.93 bits per heavy atom. The molecule has 2 N–H and O–H groups in total. The average molecular weight is 219 g/mol. The van der Waals surface area contributed by atoms with Gasteiger partial charge >= 0.3 is 11.8 Å². The number of rotatable bonds is 3. The Labute approximate surface area is 84.7 Å². The number of halogens is 2. The van der Waals surface area contributed by atoms with Gasteiger partial charge in [0.1, 0.15) is 0 Å². The van der Waals surface area contributed by atoms with Crippen LogP contribution in [0.1, 0.15) is 5.56 Å². The topological polar surface area (TPSA) is 57.5 Å². The maximum Gasteiger partial charge on any atom is 0.369 e. The monoisotopic (exact) mass is 218 g/mol. The molecule has 0 aliphatic rings. The Hall–Kier alpha value is -1.13. The van der Waals surface area contributed by atoms with Gasteiger partial charge in [0.25, 0.3) is 0 Å². The van der Waals surface area contributed by atoms with Gasteiger partial charge in [-0.2, -0.15) is 4.39 Å². The van der Waals surface area contributed by atoms with E-state index in [1.54, 1.807) is 0 Å². The minimum Gasteiger partial charge on any atom is -0.477 e. The summed E-state index contributed by atoms with van der Waals surface area (Å²) in [6.07, 6.45) is -0.598. The van der Waals surface area contributed by atoms with Crippen LogP contribution in [0, 0.1) is 0 Å². The Bertz CT molecular complexity index is 334. The van der Waals surface area contributed by atoms with Crippen molar-refractivity contribution in [1.82, 2.24) is 0 Å². The molecule has 0 heterocycles. The number of aliphatic carboxylic acids is 1. The third kappa shape index (κ3) is 2.68. The van der Waals surface area contributed by atoms with E-state index >= 15 is 0 Å². The molecule has 0 saturated heterocycles. The maximum absolute atomic E-state index is 12.9. The number of hydrogen-bond acceptors (Lipinski definition) is 2. The second kappa shape index (κ2) is 3.94. The molecule has 0 fully saturated rings.